The minimum absolute atomic E-state index is 0.0118. The van der Waals surface area contributed by atoms with Gasteiger partial charge in [0.05, 0.1) is 16.4 Å². The normalized spacial score (nSPS) is 11.4. The number of hydrogen-bond acceptors (Lipinski definition) is 6. The molecular weight excluding hydrogens is 394 g/mol. The van der Waals surface area contributed by atoms with Crippen molar-refractivity contribution >= 4 is 38.7 Å². The van der Waals surface area contributed by atoms with Crippen LogP contribution >= 0.6 is 11.6 Å². The summed E-state index contributed by atoms with van der Waals surface area (Å²) in [5, 5.41) is 13.9. The molecule has 0 heterocycles. The molecule has 0 fully saturated rings. The van der Waals surface area contributed by atoms with Crippen LogP contribution in [0.25, 0.3) is 0 Å². The predicted octanol–water partition coefficient (Wildman–Crippen LogP) is 2.72. The molecule has 0 saturated carbocycles. The number of amides is 1. The SMILES string of the molecule is CN(CC(=O)Nc1cccc(S(C)(=O)=O)c1)Cc1cc([N+](=O)[O-])ccc1Cl. The van der Waals surface area contributed by atoms with Crippen molar-refractivity contribution in [2.45, 2.75) is 11.4 Å². The molecule has 0 unspecified atom stereocenters. The van der Waals surface area contributed by atoms with Crippen molar-refractivity contribution < 1.29 is 18.1 Å². The fourth-order valence-electron chi connectivity index (χ4n) is 2.39. The number of likely N-dealkylation sites (N-methyl/N-ethyl adjacent to an activating group) is 1. The van der Waals surface area contributed by atoms with Gasteiger partial charge in [-0.15, -0.1) is 0 Å². The lowest BCUT2D eigenvalue weighted by Gasteiger charge is -2.17. The van der Waals surface area contributed by atoms with Gasteiger partial charge in [-0.05, 0) is 36.9 Å². The van der Waals surface area contributed by atoms with Crippen LogP contribution in [0, 0.1) is 10.1 Å². The number of sulfone groups is 1. The molecule has 144 valence electrons. The van der Waals surface area contributed by atoms with Crippen molar-refractivity contribution in [2.24, 2.45) is 0 Å². The van der Waals surface area contributed by atoms with Gasteiger partial charge in [0.1, 0.15) is 0 Å². The number of nitro benzene ring substituents is 1. The lowest BCUT2D eigenvalue weighted by atomic mass is 10.2. The molecular formula is C17H18ClN3O5S. The molecule has 0 aromatic heterocycles. The standard InChI is InChI=1S/C17H18ClN3O5S/c1-20(10-12-8-14(21(23)24)6-7-16(12)18)11-17(22)19-13-4-3-5-15(9-13)27(2,25)26/h3-9H,10-11H2,1-2H3,(H,19,22). The number of rotatable bonds is 7. The van der Waals surface area contributed by atoms with E-state index in [-0.39, 0.29) is 29.6 Å². The molecule has 0 bridgehead atoms. The van der Waals surface area contributed by atoms with Gasteiger partial charge in [0.2, 0.25) is 5.91 Å². The van der Waals surface area contributed by atoms with E-state index in [4.69, 9.17) is 11.6 Å². The van der Waals surface area contributed by atoms with Gasteiger partial charge in [0.15, 0.2) is 9.84 Å². The van der Waals surface area contributed by atoms with Gasteiger partial charge in [-0.25, -0.2) is 8.42 Å². The van der Waals surface area contributed by atoms with Crippen LogP contribution in [0.4, 0.5) is 11.4 Å². The van der Waals surface area contributed by atoms with Crippen molar-refractivity contribution in [3.05, 3.63) is 63.2 Å². The molecule has 0 spiro atoms. The first-order valence-electron chi connectivity index (χ1n) is 7.77. The van der Waals surface area contributed by atoms with Gasteiger partial charge < -0.3 is 5.32 Å². The van der Waals surface area contributed by atoms with Crippen LogP contribution in [0.5, 0.6) is 0 Å². The van der Waals surface area contributed by atoms with E-state index in [0.29, 0.717) is 16.3 Å². The molecule has 1 amide bonds. The lowest BCUT2D eigenvalue weighted by molar-refractivity contribution is -0.384. The number of nitrogens with one attached hydrogen (secondary N) is 1. The molecule has 2 rings (SSSR count). The Labute approximate surface area is 161 Å². The Hall–Kier alpha value is -2.49. The Morgan fingerprint density at radius 3 is 2.59 bits per heavy atom. The summed E-state index contributed by atoms with van der Waals surface area (Å²) in [6.07, 6.45) is 1.09. The molecule has 2 aromatic rings. The molecule has 0 aliphatic rings. The molecule has 1 N–H and O–H groups in total. The number of hydrogen-bond donors (Lipinski definition) is 1. The second-order valence-corrected chi connectivity index (χ2v) is 8.48. The van der Waals surface area contributed by atoms with Gasteiger partial charge in [-0.3, -0.25) is 19.8 Å². The van der Waals surface area contributed by atoms with Crippen molar-refractivity contribution in [2.75, 3.05) is 25.2 Å². The monoisotopic (exact) mass is 411 g/mol. The summed E-state index contributed by atoms with van der Waals surface area (Å²) in [6, 6.07) is 10.1. The lowest BCUT2D eigenvalue weighted by Crippen LogP contribution is -2.30. The third-order valence-corrected chi connectivity index (χ3v) is 5.12. The van der Waals surface area contributed by atoms with Crippen LogP contribution in [-0.4, -0.2) is 44.0 Å². The van der Waals surface area contributed by atoms with E-state index in [2.05, 4.69) is 5.32 Å². The van der Waals surface area contributed by atoms with E-state index in [0.717, 1.165) is 6.26 Å². The van der Waals surface area contributed by atoms with Gasteiger partial charge in [-0.1, -0.05) is 17.7 Å². The molecule has 10 heteroatoms. The molecule has 0 radical (unpaired) electrons. The van der Waals surface area contributed by atoms with Crippen molar-refractivity contribution in [3.63, 3.8) is 0 Å². The smallest absolute Gasteiger partial charge is 0.269 e. The van der Waals surface area contributed by atoms with Gasteiger partial charge in [0.25, 0.3) is 5.69 Å². The number of carbonyl (C=O) groups excluding carboxylic acids is 1. The van der Waals surface area contributed by atoms with Gasteiger partial charge in [0, 0.05) is 35.6 Å². The highest BCUT2D eigenvalue weighted by molar-refractivity contribution is 7.90. The fourth-order valence-corrected chi connectivity index (χ4v) is 3.24. The van der Waals surface area contributed by atoms with E-state index >= 15 is 0 Å². The quantitative estimate of drug-likeness (QED) is 0.554. The second-order valence-electron chi connectivity index (χ2n) is 6.05. The first-order valence-corrected chi connectivity index (χ1v) is 10.0. The van der Waals surface area contributed by atoms with Crippen LogP contribution < -0.4 is 5.32 Å². The van der Waals surface area contributed by atoms with Crippen LogP contribution in [0.2, 0.25) is 5.02 Å². The maximum Gasteiger partial charge on any atom is 0.269 e. The average Bonchev–Trinajstić information content (AvgIpc) is 2.55. The third-order valence-electron chi connectivity index (χ3n) is 3.64. The van der Waals surface area contributed by atoms with E-state index in [9.17, 15) is 23.3 Å². The number of halogens is 1. The topological polar surface area (TPSA) is 110 Å². The summed E-state index contributed by atoms with van der Waals surface area (Å²) in [5.74, 6) is -0.357. The van der Waals surface area contributed by atoms with Gasteiger partial charge >= 0.3 is 0 Å². The van der Waals surface area contributed by atoms with Crippen molar-refractivity contribution in [1.29, 1.82) is 0 Å². The second kappa shape index (κ2) is 8.47. The van der Waals surface area contributed by atoms with Gasteiger partial charge in [-0.2, -0.15) is 0 Å². The number of nitrogens with zero attached hydrogens (tertiary/aromatic N) is 2. The van der Waals surface area contributed by atoms with Crippen LogP contribution in [0.15, 0.2) is 47.4 Å². The largest absolute Gasteiger partial charge is 0.325 e. The predicted molar refractivity (Wildman–Crippen MR) is 103 cm³/mol. The van der Waals surface area contributed by atoms with Crippen molar-refractivity contribution in [3.8, 4) is 0 Å². The highest BCUT2D eigenvalue weighted by Crippen LogP contribution is 2.23. The zero-order valence-electron chi connectivity index (χ0n) is 14.7. The highest BCUT2D eigenvalue weighted by Gasteiger charge is 2.14. The summed E-state index contributed by atoms with van der Waals surface area (Å²) in [6.45, 7) is 0.222. The Bertz CT molecular complexity index is 978. The molecule has 0 atom stereocenters. The first kappa shape index (κ1) is 20.8. The summed E-state index contributed by atoms with van der Waals surface area (Å²) >= 11 is 6.06. The molecule has 0 aliphatic carbocycles. The maximum absolute atomic E-state index is 12.2. The highest BCUT2D eigenvalue weighted by atomic mass is 35.5. The maximum atomic E-state index is 12.2. The first-order chi connectivity index (χ1) is 12.6. The molecule has 0 aliphatic heterocycles. The number of carbonyl (C=O) groups is 1. The number of benzene rings is 2. The molecule has 0 saturated heterocycles. The van der Waals surface area contributed by atoms with Crippen LogP contribution in [-0.2, 0) is 21.2 Å². The summed E-state index contributed by atoms with van der Waals surface area (Å²) in [5.41, 5.74) is 0.815. The number of non-ortho nitro benzene ring substituents is 1. The van der Waals surface area contributed by atoms with E-state index in [1.807, 2.05) is 0 Å². The van der Waals surface area contributed by atoms with E-state index in [1.165, 1.54) is 30.3 Å². The Morgan fingerprint density at radius 1 is 1.26 bits per heavy atom. The van der Waals surface area contributed by atoms with Crippen LogP contribution in [0.1, 0.15) is 5.56 Å². The Kier molecular flexibility index (Phi) is 6.53. The number of anilines is 1. The Morgan fingerprint density at radius 2 is 1.96 bits per heavy atom. The minimum Gasteiger partial charge on any atom is -0.325 e. The summed E-state index contributed by atoms with van der Waals surface area (Å²) in [7, 11) is -1.70. The molecule has 27 heavy (non-hydrogen) atoms. The van der Waals surface area contributed by atoms with Crippen LogP contribution in [0.3, 0.4) is 0 Å². The zero-order chi connectivity index (χ0) is 20.2. The minimum atomic E-state index is -3.37. The van der Waals surface area contributed by atoms with Crippen molar-refractivity contribution in [1.82, 2.24) is 4.90 Å². The van der Waals surface area contributed by atoms with E-state index < -0.39 is 14.8 Å². The van der Waals surface area contributed by atoms with E-state index in [1.54, 1.807) is 24.1 Å². The third kappa shape index (κ3) is 6.02. The average molecular weight is 412 g/mol. The fraction of sp³-hybridized carbons (Fsp3) is 0.235. The summed E-state index contributed by atoms with van der Waals surface area (Å²) in [4.78, 5) is 24.3. The molecule has 8 nitrogen and oxygen atoms in total. The summed E-state index contributed by atoms with van der Waals surface area (Å²) < 4.78 is 23.2. The Balaban J connectivity index is 2.02. The molecule has 2 aromatic carbocycles. The zero-order valence-corrected chi connectivity index (χ0v) is 16.2. The number of nitro groups is 1.